The summed E-state index contributed by atoms with van der Waals surface area (Å²) in [6.07, 6.45) is 0. The molecule has 0 saturated heterocycles. The maximum absolute atomic E-state index is 13.7. The Bertz CT molecular complexity index is 667. The Balaban J connectivity index is 2.56. The lowest BCUT2D eigenvalue weighted by Crippen LogP contribution is -2.01. The molecule has 106 valence electrons. The van der Waals surface area contributed by atoms with E-state index in [9.17, 15) is 13.6 Å². The summed E-state index contributed by atoms with van der Waals surface area (Å²) in [6, 6.07) is 1.88. The molecule has 5 nitrogen and oxygen atoms in total. The number of aromatic carboxylic acids is 1. The summed E-state index contributed by atoms with van der Waals surface area (Å²) in [5, 5.41) is 8.96. The highest BCUT2D eigenvalue weighted by atomic mass is 19.1. The molecule has 0 spiro atoms. The molecule has 2 rings (SSSR count). The van der Waals surface area contributed by atoms with E-state index >= 15 is 0 Å². The van der Waals surface area contributed by atoms with Crippen LogP contribution in [0.2, 0.25) is 0 Å². The molecule has 0 aliphatic heterocycles. The summed E-state index contributed by atoms with van der Waals surface area (Å²) < 4.78 is 37.0. The first kappa shape index (κ1) is 14.0. The molecule has 1 heterocycles. The normalized spacial score (nSPS) is 10.6. The average Bonchev–Trinajstić information content (AvgIpc) is 2.78. The lowest BCUT2D eigenvalue weighted by atomic mass is 10.1. The number of oxazole rings is 1. The number of nitrogens with zero attached hydrogens (tertiary/aromatic N) is 1. The number of hydrogen-bond donors (Lipinski definition) is 1. The predicted octanol–water partition coefficient (Wildman–Crippen LogP) is 3.03. The SMILES string of the molecule is CCOc1oc(-c2cc(C)c(F)cc2F)nc1C(=O)O. The van der Waals surface area contributed by atoms with Crippen LogP contribution >= 0.6 is 0 Å². The average molecular weight is 283 g/mol. The van der Waals surface area contributed by atoms with Crippen LogP contribution in [-0.4, -0.2) is 22.7 Å². The standard InChI is InChI=1S/C13H11F2NO4/c1-3-19-13-10(12(17)18)16-11(20-13)7-4-6(2)8(14)5-9(7)15/h4-5H,3H2,1-2H3,(H,17,18). The lowest BCUT2D eigenvalue weighted by Gasteiger charge is -2.01. The van der Waals surface area contributed by atoms with Crippen LogP contribution in [0, 0.1) is 18.6 Å². The van der Waals surface area contributed by atoms with Crippen LogP contribution in [0.4, 0.5) is 8.78 Å². The summed E-state index contributed by atoms with van der Waals surface area (Å²) in [4.78, 5) is 14.7. The summed E-state index contributed by atoms with van der Waals surface area (Å²) in [7, 11) is 0. The predicted molar refractivity (Wildman–Crippen MR) is 64.7 cm³/mol. The highest BCUT2D eigenvalue weighted by Gasteiger charge is 2.23. The topological polar surface area (TPSA) is 72.6 Å². The Morgan fingerprint density at radius 3 is 2.70 bits per heavy atom. The second-order valence-electron chi connectivity index (χ2n) is 3.97. The molecule has 0 bridgehead atoms. The van der Waals surface area contributed by atoms with Gasteiger partial charge in [0, 0.05) is 6.07 Å². The molecule has 20 heavy (non-hydrogen) atoms. The van der Waals surface area contributed by atoms with Gasteiger partial charge in [0.05, 0.1) is 12.2 Å². The van der Waals surface area contributed by atoms with Crippen molar-refractivity contribution >= 4 is 5.97 Å². The highest BCUT2D eigenvalue weighted by molar-refractivity contribution is 5.88. The fourth-order valence-corrected chi connectivity index (χ4v) is 1.61. The van der Waals surface area contributed by atoms with E-state index in [0.717, 1.165) is 0 Å². The smallest absolute Gasteiger partial charge is 0.362 e. The molecule has 2 aromatic rings. The second kappa shape index (κ2) is 5.28. The third-order valence-corrected chi connectivity index (χ3v) is 2.55. The van der Waals surface area contributed by atoms with E-state index in [1.807, 2.05) is 0 Å². The highest BCUT2D eigenvalue weighted by Crippen LogP contribution is 2.30. The van der Waals surface area contributed by atoms with Crippen molar-refractivity contribution < 1.29 is 27.8 Å². The molecule has 0 saturated carbocycles. The quantitative estimate of drug-likeness (QED) is 0.933. The molecule has 0 fully saturated rings. The summed E-state index contributed by atoms with van der Waals surface area (Å²) in [5.41, 5.74) is -0.394. The number of aromatic nitrogens is 1. The fraction of sp³-hybridized carbons (Fsp3) is 0.231. The van der Waals surface area contributed by atoms with Gasteiger partial charge in [0.25, 0.3) is 0 Å². The van der Waals surface area contributed by atoms with Gasteiger partial charge in [-0.2, -0.15) is 4.98 Å². The summed E-state index contributed by atoms with van der Waals surface area (Å²) >= 11 is 0. The molecule has 1 N–H and O–H groups in total. The monoisotopic (exact) mass is 283 g/mol. The molecule has 0 aliphatic carbocycles. The third-order valence-electron chi connectivity index (χ3n) is 2.55. The third kappa shape index (κ3) is 2.47. The Kier molecular flexibility index (Phi) is 3.69. The van der Waals surface area contributed by atoms with Crippen molar-refractivity contribution in [1.29, 1.82) is 0 Å². The zero-order chi connectivity index (χ0) is 14.9. The number of carbonyl (C=O) groups is 1. The van der Waals surface area contributed by atoms with Crippen LogP contribution in [-0.2, 0) is 0 Å². The van der Waals surface area contributed by atoms with Crippen LogP contribution in [0.5, 0.6) is 5.95 Å². The number of benzene rings is 1. The molecule has 0 atom stereocenters. The zero-order valence-corrected chi connectivity index (χ0v) is 10.7. The van der Waals surface area contributed by atoms with Gasteiger partial charge in [0.2, 0.25) is 11.6 Å². The molecule has 0 unspecified atom stereocenters. The van der Waals surface area contributed by atoms with E-state index in [0.29, 0.717) is 6.07 Å². The van der Waals surface area contributed by atoms with Gasteiger partial charge in [0.15, 0.2) is 0 Å². The molecule has 0 aliphatic rings. The largest absolute Gasteiger partial charge is 0.476 e. The van der Waals surface area contributed by atoms with Crippen molar-refractivity contribution in [3.05, 3.63) is 35.0 Å². The molecule has 1 aromatic carbocycles. The number of carboxylic acids is 1. The van der Waals surface area contributed by atoms with E-state index in [-0.39, 0.29) is 29.6 Å². The summed E-state index contributed by atoms with van der Waals surface area (Å²) in [6.45, 7) is 3.25. The molecular weight excluding hydrogens is 272 g/mol. The van der Waals surface area contributed by atoms with Gasteiger partial charge >= 0.3 is 11.9 Å². The minimum absolute atomic E-state index is 0.127. The summed E-state index contributed by atoms with van der Waals surface area (Å²) in [5.74, 6) is -3.54. The Hall–Kier alpha value is -2.44. The minimum Gasteiger partial charge on any atom is -0.476 e. The minimum atomic E-state index is -1.36. The van der Waals surface area contributed by atoms with E-state index in [1.54, 1.807) is 6.92 Å². The number of aryl methyl sites for hydroxylation is 1. The number of hydrogen-bond acceptors (Lipinski definition) is 4. The fourth-order valence-electron chi connectivity index (χ4n) is 1.61. The Morgan fingerprint density at radius 1 is 1.40 bits per heavy atom. The Morgan fingerprint density at radius 2 is 2.10 bits per heavy atom. The van der Waals surface area contributed by atoms with Crippen molar-refractivity contribution in [2.45, 2.75) is 13.8 Å². The second-order valence-corrected chi connectivity index (χ2v) is 3.97. The van der Waals surface area contributed by atoms with E-state index in [1.165, 1.54) is 13.0 Å². The first-order valence-electron chi connectivity index (χ1n) is 5.77. The van der Waals surface area contributed by atoms with E-state index in [2.05, 4.69) is 4.98 Å². The van der Waals surface area contributed by atoms with Crippen LogP contribution in [0.25, 0.3) is 11.5 Å². The van der Waals surface area contributed by atoms with Crippen LogP contribution in [0.3, 0.4) is 0 Å². The van der Waals surface area contributed by atoms with Crippen molar-refractivity contribution in [3.8, 4) is 17.4 Å². The van der Waals surface area contributed by atoms with Crippen molar-refractivity contribution in [1.82, 2.24) is 4.98 Å². The lowest BCUT2D eigenvalue weighted by molar-refractivity contribution is 0.0683. The molecular formula is C13H11F2NO4. The van der Waals surface area contributed by atoms with Crippen LogP contribution in [0.15, 0.2) is 16.5 Å². The first-order valence-corrected chi connectivity index (χ1v) is 5.77. The van der Waals surface area contributed by atoms with Gasteiger partial charge in [-0.15, -0.1) is 0 Å². The van der Waals surface area contributed by atoms with Gasteiger partial charge in [-0.1, -0.05) is 0 Å². The number of rotatable bonds is 4. The number of halogens is 2. The van der Waals surface area contributed by atoms with Gasteiger partial charge in [-0.25, -0.2) is 13.6 Å². The van der Waals surface area contributed by atoms with E-state index < -0.39 is 23.3 Å². The van der Waals surface area contributed by atoms with Crippen LogP contribution < -0.4 is 4.74 Å². The first-order chi connectivity index (χ1) is 9.43. The Labute approximate surface area is 112 Å². The maximum atomic E-state index is 13.7. The molecule has 7 heteroatoms. The van der Waals surface area contributed by atoms with Gasteiger partial charge in [-0.05, 0) is 25.5 Å². The van der Waals surface area contributed by atoms with Crippen molar-refractivity contribution in [2.24, 2.45) is 0 Å². The van der Waals surface area contributed by atoms with Crippen molar-refractivity contribution in [2.75, 3.05) is 6.61 Å². The van der Waals surface area contributed by atoms with Gasteiger partial charge in [-0.3, -0.25) is 0 Å². The zero-order valence-electron chi connectivity index (χ0n) is 10.7. The maximum Gasteiger partial charge on any atom is 0.362 e. The number of carboxylic acid groups (broad SMARTS) is 1. The molecule has 1 aromatic heterocycles. The van der Waals surface area contributed by atoms with Gasteiger partial charge in [0.1, 0.15) is 11.6 Å². The van der Waals surface area contributed by atoms with Crippen LogP contribution in [0.1, 0.15) is 23.0 Å². The van der Waals surface area contributed by atoms with Gasteiger partial charge < -0.3 is 14.3 Å². The van der Waals surface area contributed by atoms with Crippen molar-refractivity contribution in [3.63, 3.8) is 0 Å². The number of ether oxygens (including phenoxy) is 1. The molecule has 0 radical (unpaired) electrons. The molecule has 0 amide bonds. The van der Waals surface area contributed by atoms with E-state index in [4.69, 9.17) is 14.3 Å².